The van der Waals surface area contributed by atoms with Crippen molar-refractivity contribution >= 4 is 53.8 Å². The molecular weight excluding hydrogens is 454 g/mol. The quantitative estimate of drug-likeness (QED) is 0.693. The predicted octanol–water partition coefficient (Wildman–Crippen LogP) is 1.97. The molecule has 132 valence electrons. The van der Waals surface area contributed by atoms with E-state index in [1.165, 1.54) is 14.8 Å². The van der Waals surface area contributed by atoms with Crippen molar-refractivity contribution in [3.05, 3.63) is 50.8 Å². The number of carbonyl (C=O) groups excluding carboxylic acids is 1. The average molecular weight is 474 g/mol. The Balaban J connectivity index is 1.62. The van der Waals surface area contributed by atoms with Gasteiger partial charge in [-0.2, -0.15) is 0 Å². The zero-order valence-corrected chi connectivity index (χ0v) is 18.1. The second-order valence-electron chi connectivity index (χ2n) is 6.60. The number of nitrogens with zero attached hydrogens (tertiary/aromatic N) is 3. The summed E-state index contributed by atoms with van der Waals surface area (Å²) in [6.07, 6.45) is 3.58. The van der Waals surface area contributed by atoms with Crippen molar-refractivity contribution in [2.24, 2.45) is 0 Å². The number of fused-ring (bicyclic) bond motifs is 1. The van der Waals surface area contributed by atoms with Crippen LogP contribution >= 0.6 is 11.6 Å². The molecule has 2 aliphatic heterocycles. The SMILES string of the molecule is CC(=O)NC1CCN(c2ncn[c]3c2C(c2cccc(Cl)c2)=[CH][Sn]3)CC1. The number of benzene rings is 1. The van der Waals surface area contributed by atoms with E-state index in [2.05, 4.69) is 30.3 Å². The molecule has 0 aliphatic carbocycles. The van der Waals surface area contributed by atoms with Gasteiger partial charge in [0, 0.05) is 0 Å². The second-order valence-corrected chi connectivity index (χ2v) is 10.0. The third kappa shape index (κ3) is 3.60. The van der Waals surface area contributed by atoms with E-state index in [1.807, 2.05) is 18.2 Å². The molecule has 0 atom stereocenters. The first-order valence-electron chi connectivity index (χ1n) is 8.72. The molecular formula is C19H19ClN4OSn. The molecule has 2 aromatic rings. The number of hydrogen-bond donors (Lipinski definition) is 1. The Kier molecular flexibility index (Phi) is 5.18. The van der Waals surface area contributed by atoms with E-state index in [-0.39, 0.29) is 11.9 Å². The Morgan fingerprint density at radius 3 is 2.85 bits per heavy atom. The van der Waals surface area contributed by atoms with E-state index >= 15 is 0 Å². The Bertz CT molecular complexity index is 878. The molecule has 3 heterocycles. The fourth-order valence-corrected chi connectivity index (χ4v) is 6.97. The Morgan fingerprint density at radius 2 is 2.12 bits per heavy atom. The van der Waals surface area contributed by atoms with Gasteiger partial charge in [0.05, 0.1) is 0 Å². The fourth-order valence-electron chi connectivity index (χ4n) is 3.59. The van der Waals surface area contributed by atoms with Crippen LogP contribution in [0.1, 0.15) is 30.9 Å². The molecule has 0 unspecified atom stereocenters. The molecule has 1 fully saturated rings. The van der Waals surface area contributed by atoms with Crippen LogP contribution in [0.2, 0.25) is 5.02 Å². The molecule has 1 aromatic carbocycles. The molecule has 4 rings (SSSR count). The Morgan fingerprint density at radius 1 is 1.31 bits per heavy atom. The predicted molar refractivity (Wildman–Crippen MR) is 105 cm³/mol. The van der Waals surface area contributed by atoms with Gasteiger partial charge in [-0.1, -0.05) is 0 Å². The van der Waals surface area contributed by atoms with Gasteiger partial charge >= 0.3 is 168 Å². The number of aromatic nitrogens is 2. The van der Waals surface area contributed by atoms with Crippen molar-refractivity contribution in [3.63, 3.8) is 0 Å². The number of amides is 1. The van der Waals surface area contributed by atoms with Gasteiger partial charge < -0.3 is 0 Å². The van der Waals surface area contributed by atoms with E-state index in [4.69, 9.17) is 11.6 Å². The van der Waals surface area contributed by atoms with Crippen LogP contribution < -0.4 is 13.9 Å². The topological polar surface area (TPSA) is 58.1 Å². The van der Waals surface area contributed by atoms with Crippen molar-refractivity contribution in [3.8, 4) is 0 Å². The monoisotopic (exact) mass is 474 g/mol. The third-order valence-corrected chi connectivity index (χ3v) is 8.12. The minimum absolute atomic E-state index is 0.0462. The van der Waals surface area contributed by atoms with Crippen LogP contribution in [-0.2, 0) is 4.79 Å². The van der Waals surface area contributed by atoms with Crippen molar-refractivity contribution < 1.29 is 4.79 Å². The zero-order chi connectivity index (χ0) is 18.1. The summed E-state index contributed by atoms with van der Waals surface area (Å²) in [5.41, 5.74) is 3.56. The van der Waals surface area contributed by atoms with Gasteiger partial charge in [-0.05, 0) is 0 Å². The number of rotatable bonds is 3. The molecule has 2 radical (unpaired) electrons. The van der Waals surface area contributed by atoms with E-state index in [1.54, 1.807) is 13.3 Å². The van der Waals surface area contributed by atoms with Crippen LogP contribution in [0.15, 0.2) is 34.7 Å². The van der Waals surface area contributed by atoms with Crippen LogP contribution in [0.5, 0.6) is 0 Å². The minimum atomic E-state index is -0.837. The van der Waals surface area contributed by atoms with E-state index in [0.717, 1.165) is 42.3 Å². The third-order valence-electron chi connectivity index (χ3n) is 4.79. The van der Waals surface area contributed by atoms with Gasteiger partial charge in [0.25, 0.3) is 0 Å². The van der Waals surface area contributed by atoms with Gasteiger partial charge in [-0.15, -0.1) is 0 Å². The van der Waals surface area contributed by atoms with Crippen LogP contribution in [0.3, 0.4) is 0 Å². The summed E-state index contributed by atoms with van der Waals surface area (Å²) in [5.74, 6) is 1.07. The van der Waals surface area contributed by atoms with Gasteiger partial charge in [0.15, 0.2) is 0 Å². The molecule has 0 saturated carbocycles. The van der Waals surface area contributed by atoms with Crippen molar-refractivity contribution in [2.75, 3.05) is 18.0 Å². The van der Waals surface area contributed by atoms with Crippen LogP contribution in [0.4, 0.5) is 5.82 Å². The Labute approximate surface area is 168 Å². The molecule has 7 heteroatoms. The molecule has 0 spiro atoms. The van der Waals surface area contributed by atoms with E-state index < -0.39 is 21.1 Å². The van der Waals surface area contributed by atoms with Crippen LogP contribution in [-0.4, -0.2) is 56.1 Å². The summed E-state index contributed by atoms with van der Waals surface area (Å²) in [6.45, 7) is 3.36. The summed E-state index contributed by atoms with van der Waals surface area (Å²) >= 11 is 5.37. The van der Waals surface area contributed by atoms with E-state index in [0.29, 0.717) is 0 Å². The molecule has 1 amide bonds. The molecule has 26 heavy (non-hydrogen) atoms. The van der Waals surface area contributed by atoms with Crippen molar-refractivity contribution in [1.82, 2.24) is 15.3 Å². The van der Waals surface area contributed by atoms with Crippen LogP contribution in [0, 0.1) is 0 Å². The number of halogens is 1. The number of hydrogen-bond acceptors (Lipinski definition) is 4. The summed E-state index contributed by atoms with van der Waals surface area (Å²) < 4.78 is 3.61. The molecule has 1 aromatic heterocycles. The number of nitrogens with one attached hydrogen (secondary N) is 1. The molecule has 1 saturated heterocycles. The number of anilines is 1. The fraction of sp³-hybridized carbons (Fsp3) is 0.316. The summed E-state index contributed by atoms with van der Waals surface area (Å²) in [5, 5.41) is 3.78. The van der Waals surface area contributed by atoms with Crippen molar-refractivity contribution in [1.29, 1.82) is 0 Å². The van der Waals surface area contributed by atoms with Gasteiger partial charge in [-0.25, -0.2) is 0 Å². The summed E-state index contributed by atoms with van der Waals surface area (Å²) in [6, 6.07) is 8.27. The first-order chi connectivity index (χ1) is 12.6. The van der Waals surface area contributed by atoms with E-state index in [9.17, 15) is 4.79 Å². The van der Waals surface area contributed by atoms with Crippen molar-refractivity contribution in [2.45, 2.75) is 25.8 Å². The van der Waals surface area contributed by atoms with Crippen LogP contribution in [0.25, 0.3) is 5.57 Å². The first-order valence-corrected chi connectivity index (χ1v) is 12.2. The zero-order valence-electron chi connectivity index (χ0n) is 14.5. The standard InChI is InChI=1S/C19H19ClN4O.Sn/c1-13(15-4-3-5-16(20)10-15)18-11-21-12-22-19(18)24-8-6-17(7-9-24)23-14(2)25;/h1,3-5,10,12,17H,6-9H2,2H3,(H,23,25);. The number of piperidine rings is 1. The Hall–Kier alpha value is -1.60. The molecule has 1 N–H and O–H groups in total. The normalized spacial score (nSPS) is 17.0. The van der Waals surface area contributed by atoms with Gasteiger partial charge in [0.1, 0.15) is 0 Å². The average Bonchev–Trinajstić information content (AvgIpc) is 3.06. The van der Waals surface area contributed by atoms with Gasteiger partial charge in [-0.3, -0.25) is 0 Å². The number of carbonyl (C=O) groups is 1. The maximum atomic E-state index is 11.3. The molecule has 5 nitrogen and oxygen atoms in total. The summed E-state index contributed by atoms with van der Waals surface area (Å²) in [4.78, 5) is 22.8. The second kappa shape index (κ2) is 7.56. The maximum absolute atomic E-state index is 11.3. The molecule has 0 bridgehead atoms. The first kappa shape index (κ1) is 17.8. The van der Waals surface area contributed by atoms with Gasteiger partial charge in [0.2, 0.25) is 0 Å². The molecule has 2 aliphatic rings. The summed E-state index contributed by atoms with van der Waals surface area (Å²) in [7, 11) is 0.